The van der Waals surface area contributed by atoms with Crippen LogP contribution in [0, 0.1) is 0 Å². The molecule has 0 saturated carbocycles. The Hall–Kier alpha value is -1.37. The van der Waals surface area contributed by atoms with Crippen molar-refractivity contribution in [3.63, 3.8) is 0 Å². The average molecular weight is 311 g/mol. The molecule has 2 unspecified atom stereocenters. The molecule has 8 heteroatoms. The Labute approximate surface area is 117 Å². The van der Waals surface area contributed by atoms with Gasteiger partial charge in [-0.15, -0.1) is 0 Å². The number of pyridine rings is 1. The molecule has 2 atom stereocenters. The van der Waals surface area contributed by atoms with Crippen molar-refractivity contribution in [2.45, 2.75) is 31.6 Å². The zero-order valence-corrected chi connectivity index (χ0v) is 11.2. The molecule has 0 saturated heterocycles. The number of carbonyl (C=O) groups is 1. The molecule has 2 rings (SSSR count). The molecule has 0 N–H and O–H groups in total. The standard InChI is InChI=1S/C12H11ClF4N2O/c1-6(20)19-5-7(4-9(14)12(15,16)17)8-2-3-10(13)18-11(8)19/h2-3,7,9H,4-5H2,1H3. The van der Waals surface area contributed by atoms with Crippen LogP contribution in [0.2, 0.25) is 5.15 Å². The van der Waals surface area contributed by atoms with Crippen LogP contribution in [0.1, 0.15) is 24.8 Å². The molecule has 1 aromatic rings. The van der Waals surface area contributed by atoms with Crippen LogP contribution in [0.4, 0.5) is 23.4 Å². The maximum atomic E-state index is 13.2. The van der Waals surface area contributed by atoms with Gasteiger partial charge in [0.25, 0.3) is 0 Å². The van der Waals surface area contributed by atoms with Crippen molar-refractivity contribution in [1.82, 2.24) is 4.98 Å². The van der Waals surface area contributed by atoms with E-state index >= 15 is 0 Å². The number of hydrogen-bond donors (Lipinski definition) is 0. The Morgan fingerprint density at radius 1 is 1.55 bits per heavy atom. The average Bonchev–Trinajstić information content (AvgIpc) is 2.66. The number of amides is 1. The summed E-state index contributed by atoms with van der Waals surface area (Å²) in [4.78, 5) is 16.6. The van der Waals surface area contributed by atoms with Crippen LogP contribution in [0.5, 0.6) is 0 Å². The van der Waals surface area contributed by atoms with Crippen LogP contribution in [-0.2, 0) is 4.79 Å². The number of carbonyl (C=O) groups excluding carboxylic acids is 1. The molecular formula is C12H11ClF4N2O. The minimum atomic E-state index is -4.90. The molecule has 0 fully saturated rings. The molecule has 2 heterocycles. The second-order valence-corrected chi connectivity index (χ2v) is 5.01. The number of anilines is 1. The number of fused-ring (bicyclic) bond motifs is 1. The fraction of sp³-hybridized carbons (Fsp3) is 0.500. The lowest BCUT2D eigenvalue weighted by Gasteiger charge is -2.17. The van der Waals surface area contributed by atoms with Crippen LogP contribution in [-0.4, -0.2) is 29.8 Å². The lowest BCUT2D eigenvalue weighted by molar-refractivity contribution is -0.182. The van der Waals surface area contributed by atoms with E-state index in [4.69, 9.17) is 11.6 Å². The van der Waals surface area contributed by atoms with Gasteiger partial charge < -0.3 is 0 Å². The van der Waals surface area contributed by atoms with Crippen molar-refractivity contribution in [3.05, 3.63) is 22.8 Å². The van der Waals surface area contributed by atoms with Crippen LogP contribution < -0.4 is 4.90 Å². The molecule has 0 aliphatic carbocycles. The monoisotopic (exact) mass is 310 g/mol. The zero-order valence-electron chi connectivity index (χ0n) is 10.4. The van der Waals surface area contributed by atoms with Crippen molar-refractivity contribution >= 4 is 23.3 Å². The van der Waals surface area contributed by atoms with E-state index in [2.05, 4.69) is 4.98 Å². The van der Waals surface area contributed by atoms with Gasteiger partial charge in [-0.1, -0.05) is 17.7 Å². The van der Waals surface area contributed by atoms with Gasteiger partial charge in [-0.3, -0.25) is 9.69 Å². The van der Waals surface area contributed by atoms with E-state index < -0.39 is 24.7 Å². The van der Waals surface area contributed by atoms with Gasteiger partial charge in [0.2, 0.25) is 5.91 Å². The van der Waals surface area contributed by atoms with Gasteiger partial charge >= 0.3 is 6.18 Å². The zero-order chi connectivity index (χ0) is 15.1. The third-order valence-electron chi connectivity index (χ3n) is 3.20. The summed E-state index contributed by atoms with van der Waals surface area (Å²) in [5, 5.41) is 0.128. The van der Waals surface area contributed by atoms with Crippen molar-refractivity contribution in [3.8, 4) is 0 Å². The van der Waals surface area contributed by atoms with Crippen molar-refractivity contribution < 1.29 is 22.4 Å². The van der Waals surface area contributed by atoms with Gasteiger partial charge in [-0.2, -0.15) is 13.2 Å². The number of nitrogens with zero attached hydrogens (tertiary/aromatic N) is 2. The first-order valence-corrected chi connectivity index (χ1v) is 6.23. The van der Waals surface area contributed by atoms with E-state index in [1.54, 1.807) is 0 Å². The molecule has 110 valence electrons. The van der Waals surface area contributed by atoms with Crippen LogP contribution in [0.15, 0.2) is 12.1 Å². The highest BCUT2D eigenvalue weighted by atomic mass is 35.5. The second-order valence-electron chi connectivity index (χ2n) is 4.62. The lowest BCUT2D eigenvalue weighted by atomic mass is 9.96. The Balaban J connectivity index is 2.29. The minimum Gasteiger partial charge on any atom is -0.296 e. The smallest absolute Gasteiger partial charge is 0.296 e. The summed E-state index contributed by atoms with van der Waals surface area (Å²) in [6.07, 6.45) is -8.56. The molecule has 1 aromatic heterocycles. The predicted octanol–water partition coefficient (Wildman–Crippen LogP) is 3.48. The fourth-order valence-electron chi connectivity index (χ4n) is 2.24. The van der Waals surface area contributed by atoms with E-state index in [1.807, 2.05) is 0 Å². The van der Waals surface area contributed by atoms with Gasteiger partial charge in [0, 0.05) is 24.9 Å². The summed E-state index contributed by atoms with van der Waals surface area (Å²) >= 11 is 5.72. The molecule has 0 bridgehead atoms. The lowest BCUT2D eigenvalue weighted by Crippen LogP contribution is -2.30. The number of alkyl halides is 4. The molecule has 0 radical (unpaired) electrons. The van der Waals surface area contributed by atoms with Crippen LogP contribution >= 0.6 is 11.6 Å². The molecule has 1 amide bonds. The summed E-state index contributed by atoms with van der Waals surface area (Å²) in [6.45, 7) is 1.25. The Morgan fingerprint density at radius 2 is 2.20 bits per heavy atom. The number of rotatable bonds is 2. The first-order valence-electron chi connectivity index (χ1n) is 5.85. The van der Waals surface area contributed by atoms with Crippen molar-refractivity contribution in [2.75, 3.05) is 11.4 Å². The number of aromatic nitrogens is 1. The number of hydrogen-bond acceptors (Lipinski definition) is 2. The van der Waals surface area contributed by atoms with Crippen LogP contribution in [0.3, 0.4) is 0 Å². The molecule has 1 aliphatic heterocycles. The first kappa shape index (κ1) is 15.0. The molecule has 0 spiro atoms. The SMILES string of the molecule is CC(=O)N1CC(CC(F)C(F)(F)F)c2ccc(Cl)nc21. The predicted molar refractivity (Wildman–Crippen MR) is 65.6 cm³/mol. The van der Waals surface area contributed by atoms with Gasteiger partial charge in [0.15, 0.2) is 6.17 Å². The normalized spacial score (nSPS) is 19.9. The van der Waals surface area contributed by atoms with Gasteiger partial charge in [-0.25, -0.2) is 9.37 Å². The summed E-state index contributed by atoms with van der Waals surface area (Å²) in [7, 11) is 0. The Bertz CT molecular complexity index is 535. The molecule has 0 aromatic carbocycles. The Kier molecular flexibility index (Phi) is 3.90. The van der Waals surface area contributed by atoms with E-state index in [9.17, 15) is 22.4 Å². The third-order valence-corrected chi connectivity index (χ3v) is 3.41. The fourth-order valence-corrected chi connectivity index (χ4v) is 2.38. The van der Waals surface area contributed by atoms with Gasteiger partial charge in [0.1, 0.15) is 11.0 Å². The maximum Gasteiger partial charge on any atom is 0.419 e. The summed E-state index contributed by atoms with van der Waals surface area (Å²) < 4.78 is 50.1. The summed E-state index contributed by atoms with van der Waals surface area (Å²) in [5.41, 5.74) is 0.413. The largest absolute Gasteiger partial charge is 0.419 e. The van der Waals surface area contributed by atoms with E-state index in [1.165, 1.54) is 24.0 Å². The van der Waals surface area contributed by atoms with E-state index in [0.717, 1.165) is 0 Å². The Morgan fingerprint density at radius 3 is 2.75 bits per heavy atom. The summed E-state index contributed by atoms with van der Waals surface area (Å²) in [6, 6.07) is 2.90. The highest BCUT2D eigenvalue weighted by Gasteiger charge is 2.44. The van der Waals surface area contributed by atoms with Gasteiger partial charge in [-0.05, 0) is 12.5 Å². The van der Waals surface area contributed by atoms with Crippen LogP contribution in [0.25, 0.3) is 0 Å². The molecule has 20 heavy (non-hydrogen) atoms. The van der Waals surface area contributed by atoms with E-state index in [0.29, 0.717) is 5.56 Å². The topological polar surface area (TPSA) is 33.2 Å². The van der Waals surface area contributed by atoms with E-state index in [-0.39, 0.29) is 23.4 Å². The number of halogens is 5. The quantitative estimate of drug-likeness (QED) is 0.619. The highest BCUT2D eigenvalue weighted by molar-refractivity contribution is 6.29. The van der Waals surface area contributed by atoms with Gasteiger partial charge in [0.05, 0.1) is 0 Å². The maximum absolute atomic E-state index is 13.2. The van der Waals surface area contributed by atoms with Crippen molar-refractivity contribution in [2.24, 2.45) is 0 Å². The third kappa shape index (κ3) is 2.87. The highest BCUT2D eigenvalue weighted by Crippen LogP contribution is 2.40. The molecule has 3 nitrogen and oxygen atoms in total. The molecular weight excluding hydrogens is 300 g/mol. The molecule has 1 aliphatic rings. The van der Waals surface area contributed by atoms with Crippen molar-refractivity contribution in [1.29, 1.82) is 0 Å². The minimum absolute atomic E-state index is 0.0193. The summed E-state index contributed by atoms with van der Waals surface area (Å²) in [5.74, 6) is -0.898. The first-order chi connectivity index (χ1) is 9.20. The second kappa shape index (κ2) is 5.20.